The van der Waals surface area contributed by atoms with Crippen molar-refractivity contribution in [3.05, 3.63) is 0 Å². The molecule has 0 saturated carbocycles. The van der Waals surface area contributed by atoms with E-state index in [1.165, 1.54) is 45.6 Å². The van der Waals surface area contributed by atoms with Gasteiger partial charge in [-0.05, 0) is 45.7 Å². The minimum Gasteiger partial charge on any atom is -0.385 e. The quantitative estimate of drug-likeness (QED) is 0.209. The zero-order valence-electron chi connectivity index (χ0n) is 18.2. The van der Waals surface area contributed by atoms with Gasteiger partial charge in [0.05, 0.1) is 6.10 Å². The van der Waals surface area contributed by atoms with Crippen LogP contribution in [0.25, 0.3) is 0 Å². The van der Waals surface area contributed by atoms with Crippen molar-refractivity contribution in [3.63, 3.8) is 0 Å². The van der Waals surface area contributed by atoms with Gasteiger partial charge in [0.15, 0.2) is 5.96 Å². The summed E-state index contributed by atoms with van der Waals surface area (Å²) in [5, 5.41) is 3.55. The fourth-order valence-electron chi connectivity index (χ4n) is 3.75. The van der Waals surface area contributed by atoms with Gasteiger partial charge < -0.3 is 29.5 Å². The van der Waals surface area contributed by atoms with Crippen LogP contribution in [0.1, 0.15) is 32.1 Å². The molecule has 0 aromatic rings. The van der Waals surface area contributed by atoms with Crippen molar-refractivity contribution in [2.75, 3.05) is 86.8 Å². The fraction of sp³-hybridized carbons (Fsp3) is 0.950. The largest absolute Gasteiger partial charge is 0.385 e. The Morgan fingerprint density at radius 2 is 1.71 bits per heavy atom. The van der Waals surface area contributed by atoms with Gasteiger partial charge in [-0.15, -0.1) is 24.0 Å². The van der Waals surface area contributed by atoms with Gasteiger partial charge in [-0.1, -0.05) is 0 Å². The molecule has 0 amide bonds. The van der Waals surface area contributed by atoms with Crippen molar-refractivity contribution in [3.8, 4) is 0 Å². The van der Waals surface area contributed by atoms with E-state index < -0.39 is 0 Å². The number of halogens is 1. The Hall–Kier alpha value is -0.160. The number of aliphatic imine (C=N–C) groups is 1. The van der Waals surface area contributed by atoms with Crippen molar-refractivity contribution >= 4 is 29.9 Å². The van der Waals surface area contributed by atoms with E-state index in [2.05, 4.69) is 32.1 Å². The molecule has 166 valence electrons. The molecule has 2 saturated heterocycles. The van der Waals surface area contributed by atoms with Crippen LogP contribution in [0.4, 0.5) is 0 Å². The van der Waals surface area contributed by atoms with Crippen molar-refractivity contribution in [2.24, 2.45) is 4.99 Å². The van der Waals surface area contributed by atoms with Crippen LogP contribution in [0.15, 0.2) is 4.99 Å². The van der Waals surface area contributed by atoms with Gasteiger partial charge in [0.1, 0.15) is 0 Å². The van der Waals surface area contributed by atoms with Gasteiger partial charge in [0.2, 0.25) is 0 Å². The predicted molar refractivity (Wildman–Crippen MR) is 127 cm³/mol. The van der Waals surface area contributed by atoms with Gasteiger partial charge in [-0.25, -0.2) is 0 Å². The van der Waals surface area contributed by atoms with Gasteiger partial charge >= 0.3 is 0 Å². The molecule has 0 spiro atoms. The number of likely N-dealkylation sites (tertiary alicyclic amines) is 1. The van der Waals surface area contributed by atoms with Crippen LogP contribution in [-0.4, -0.2) is 114 Å². The maximum Gasteiger partial charge on any atom is 0.193 e. The Morgan fingerprint density at radius 3 is 2.36 bits per heavy atom. The molecule has 2 aliphatic rings. The average Bonchev–Trinajstić information content (AvgIpc) is 2.70. The summed E-state index contributed by atoms with van der Waals surface area (Å²) in [5.41, 5.74) is 0. The number of ether oxygens (including phenoxy) is 2. The zero-order chi connectivity index (χ0) is 19.3. The lowest BCUT2D eigenvalue weighted by Crippen LogP contribution is -2.47. The minimum absolute atomic E-state index is 0. The normalized spacial score (nSPS) is 20.2. The molecule has 2 heterocycles. The summed E-state index contributed by atoms with van der Waals surface area (Å²) in [4.78, 5) is 11.8. The highest BCUT2D eigenvalue weighted by molar-refractivity contribution is 14.0. The van der Waals surface area contributed by atoms with Crippen LogP contribution < -0.4 is 5.32 Å². The van der Waals surface area contributed by atoms with E-state index in [1.54, 1.807) is 7.11 Å². The van der Waals surface area contributed by atoms with Gasteiger partial charge in [0.25, 0.3) is 0 Å². The molecule has 1 N–H and O–H groups in total. The van der Waals surface area contributed by atoms with Crippen molar-refractivity contribution in [1.82, 2.24) is 20.0 Å². The first-order valence-corrected chi connectivity index (χ1v) is 10.7. The molecule has 0 atom stereocenters. The molecule has 28 heavy (non-hydrogen) atoms. The van der Waals surface area contributed by atoms with E-state index in [4.69, 9.17) is 9.47 Å². The lowest BCUT2D eigenvalue weighted by molar-refractivity contribution is 0.00991. The fourth-order valence-corrected chi connectivity index (χ4v) is 3.75. The molecule has 2 rings (SSSR count). The Labute approximate surface area is 189 Å². The highest BCUT2D eigenvalue weighted by Gasteiger charge is 2.21. The number of nitrogens with one attached hydrogen (secondary N) is 1. The van der Waals surface area contributed by atoms with Crippen molar-refractivity contribution in [1.29, 1.82) is 0 Å². The number of methoxy groups -OCH3 is 1. The summed E-state index contributed by atoms with van der Waals surface area (Å²) in [5.74, 6) is 1.05. The minimum atomic E-state index is 0. The zero-order valence-corrected chi connectivity index (χ0v) is 20.5. The van der Waals surface area contributed by atoms with E-state index in [0.717, 1.165) is 58.1 Å². The second-order valence-corrected chi connectivity index (χ2v) is 7.73. The van der Waals surface area contributed by atoms with Crippen molar-refractivity contribution < 1.29 is 9.47 Å². The van der Waals surface area contributed by atoms with Crippen LogP contribution in [0.3, 0.4) is 0 Å². The molecule has 8 heteroatoms. The van der Waals surface area contributed by atoms with E-state index in [-0.39, 0.29) is 24.0 Å². The van der Waals surface area contributed by atoms with Crippen LogP contribution in [0, 0.1) is 0 Å². The maximum atomic E-state index is 5.95. The number of likely N-dealkylation sites (N-methyl/N-ethyl adjacent to an activating group) is 1. The first-order chi connectivity index (χ1) is 13.2. The second-order valence-electron chi connectivity index (χ2n) is 7.73. The molecule has 2 fully saturated rings. The molecule has 0 aromatic heterocycles. The van der Waals surface area contributed by atoms with Gasteiger partial charge in [-0.2, -0.15) is 0 Å². The number of piperidine rings is 1. The van der Waals surface area contributed by atoms with E-state index in [0.29, 0.717) is 6.10 Å². The molecular weight excluding hydrogens is 469 g/mol. The number of rotatable bonds is 10. The summed E-state index contributed by atoms with van der Waals surface area (Å²) in [6.45, 7) is 10.7. The standard InChI is InChI=1S/C20H41N5O2.HI/c1-21-20(22-9-4-5-10-24-15-13-23(2)14-16-24)25-11-7-19(8-12-25)27-18-6-17-26-3;/h19H,4-18H2,1-3H3,(H,21,22);1H. The van der Waals surface area contributed by atoms with Crippen LogP contribution >= 0.6 is 24.0 Å². The molecule has 2 aliphatic heterocycles. The lowest BCUT2D eigenvalue weighted by atomic mass is 10.1. The number of hydrogen-bond acceptors (Lipinski definition) is 5. The molecule has 7 nitrogen and oxygen atoms in total. The number of hydrogen-bond donors (Lipinski definition) is 1. The summed E-state index contributed by atoms with van der Waals surface area (Å²) in [7, 11) is 5.84. The van der Waals surface area contributed by atoms with Gasteiger partial charge in [0, 0.05) is 73.2 Å². The van der Waals surface area contributed by atoms with E-state index in [1.807, 2.05) is 7.05 Å². The third-order valence-electron chi connectivity index (χ3n) is 5.58. The molecule has 0 unspecified atom stereocenters. The Bertz CT molecular complexity index is 411. The van der Waals surface area contributed by atoms with Crippen LogP contribution in [-0.2, 0) is 9.47 Å². The topological polar surface area (TPSA) is 52.6 Å². The van der Waals surface area contributed by atoms with E-state index in [9.17, 15) is 0 Å². The third kappa shape index (κ3) is 10.0. The molecule has 0 aliphatic carbocycles. The Balaban J connectivity index is 0.00000392. The summed E-state index contributed by atoms with van der Waals surface area (Å²) in [6.07, 6.45) is 5.98. The van der Waals surface area contributed by atoms with Gasteiger partial charge in [-0.3, -0.25) is 4.99 Å². The second kappa shape index (κ2) is 15.6. The molecule has 0 bridgehead atoms. The number of piperazine rings is 1. The first kappa shape index (κ1) is 25.9. The Morgan fingerprint density at radius 1 is 1.00 bits per heavy atom. The number of nitrogens with zero attached hydrogens (tertiary/aromatic N) is 4. The molecule has 0 aromatic carbocycles. The highest BCUT2D eigenvalue weighted by atomic mass is 127. The van der Waals surface area contributed by atoms with Crippen molar-refractivity contribution in [2.45, 2.75) is 38.2 Å². The van der Waals surface area contributed by atoms with Crippen LogP contribution in [0.2, 0.25) is 0 Å². The maximum absolute atomic E-state index is 5.95. The Kier molecular flexibility index (Phi) is 14.5. The number of guanidine groups is 1. The summed E-state index contributed by atoms with van der Waals surface area (Å²) >= 11 is 0. The SMILES string of the molecule is CN=C(NCCCCN1CCN(C)CC1)N1CCC(OCCCOC)CC1.I. The predicted octanol–water partition coefficient (Wildman–Crippen LogP) is 1.72. The summed E-state index contributed by atoms with van der Waals surface area (Å²) < 4.78 is 11.0. The average molecular weight is 511 g/mol. The summed E-state index contributed by atoms with van der Waals surface area (Å²) in [6, 6.07) is 0. The molecular formula is C20H42IN5O2. The molecule has 0 radical (unpaired) electrons. The highest BCUT2D eigenvalue weighted by Crippen LogP contribution is 2.14. The number of unbranched alkanes of at least 4 members (excludes halogenated alkanes) is 1. The smallest absolute Gasteiger partial charge is 0.193 e. The monoisotopic (exact) mass is 511 g/mol. The third-order valence-corrected chi connectivity index (χ3v) is 5.58. The van der Waals surface area contributed by atoms with Crippen LogP contribution in [0.5, 0.6) is 0 Å². The lowest BCUT2D eigenvalue weighted by Gasteiger charge is -2.34. The first-order valence-electron chi connectivity index (χ1n) is 10.7. The van der Waals surface area contributed by atoms with E-state index >= 15 is 0 Å².